The van der Waals surface area contributed by atoms with Crippen molar-refractivity contribution in [1.82, 2.24) is 5.32 Å². The first-order valence-corrected chi connectivity index (χ1v) is 38.7. The van der Waals surface area contributed by atoms with Crippen LogP contribution >= 0.6 is 0 Å². The van der Waals surface area contributed by atoms with Gasteiger partial charge in [-0.25, -0.2) is 0 Å². The molecule has 3 saturated heterocycles. The monoisotopic (exact) mass is 1360 g/mol. The molecule has 12 N–H and O–H groups in total. The van der Waals surface area contributed by atoms with E-state index in [9.17, 15) is 61.0 Å². The number of nitrogens with one attached hydrogen (secondary N) is 1. The molecule has 0 aromatic rings. The quantitative estimate of drug-likeness (QED) is 0.0199. The van der Waals surface area contributed by atoms with Crippen molar-refractivity contribution in [2.75, 3.05) is 26.4 Å². The fraction of sp³-hybridized carbons (Fsp3) is 0.908. The minimum atomic E-state index is -1.98. The van der Waals surface area contributed by atoms with Crippen molar-refractivity contribution < 1.29 is 89.4 Å². The largest absolute Gasteiger partial charge is 0.394 e. The number of aliphatic hydroxyl groups is 11. The Morgan fingerprint density at radius 1 is 0.379 bits per heavy atom. The van der Waals surface area contributed by atoms with Crippen LogP contribution in [0.1, 0.15) is 309 Å². The highest BCUT2D eigenvalue weighted by Gasteiger charge is 2.53. The van der Waals surface area contributed by atoms with Crippen LogP contribution < -0.4 is 5.32 Å². The Morgan fingerprint density at radius 2 is 0.695 bits per heavy atom. The maximum absolute atomic E-state index is 13.4. The zero-order valence-electron chi connectivity index (χ0n) is 59.4. The molecule has 0 aromatic carbocycles. The zero-order valence-corrected chi connectivity index (χ0v) is 59.4. The van der Waals surface area contributed by atoms with Crippen LogP contribution in [-0.2, 0) is 33.2 Å². The number of carbonyl (C=O) groups excluding carboxylic acids is 1. The summed E-state index contributed by atoms with van der Waals surface area (Å²) in [5, 5.41) is 120. The summed E-state index contributed by atoms with van der Waals surface area (Å²) < 4.78 is 34.3. The molecule has 17 atom stereocenters. The van der Waals surface area contributed by atoms with E-state index in [1.807, 2.05) is 6.08 Å². The second-order valence-corrected chi connectivity index (χ2v) is 27.8. The van der Waals surface area contributed by atoms with Gasteiger partial charge in [0, 0.05) is 6.42 Å². The van der Waals surface area contributed by atoms with E-state index in [-0.39, 0.29) is 18.9 Å². The minimum absolute atomic E-state index is 0.247. The molecule has 95 heavy (non-hydrogen) atoms. The van der Waals surface area contributed by atoms with Gasteiger partial charge in [0.25, 0.3) is 0 Å². The molecule has 1 amide bonds. The van der Waals surface area contributed by atoms with Gasteiger partial charge in [0.1, 0.15) is 73.2 Å². The molecule has 0 saturated carbocycles. The van der Waals surface area contributed by atoms with E-state index in [0.29, 0.717) is 6.42 Å². The third-order valence-electron chi connectivity index (χ3n) is 19.4. The molecule has 0 bridgehead atoms. The Bertz CT molecular complexity index is 1860. The van der Waals surface area contributed by atoms with Gasteiger partial charge in [-0.1, -0.05) is 288 Å². The van der Waals surface area contributed by atoms with Crippen LogP contribution in [0, 0.1) is 0 Å². The number of rotatable bonds is 61. The van der Waals surface area contributed by atoms with E-state index >= 15 is 0 Å². The van der Waals surface area contributed by atoms with Crippen molar-refractivity contribution in [3.05, 3.63) is 36.5 Å². The Hall–Kier alpha value is -1.99. The number of allylic oxidation sites excluding steroid dienone is 5. The Kier molecular flexibility index (Phi) is 52.9. The van der Waals surface area contributed by atoms with Crippen molar-refractivity contribution in [3.63, 3.8) is 0 Å². The standard InChI is InChI=1S/C76H141NO18/c1-3-5-7-9-11-13-14-15-16-17-18-19-20-21-22-23-24-25-26-27-28-29-30-31-32-33-34-35-36-37-38-39-40-41-42-43-44-46-48-50-52-54-64(82)77-59(60(81)53-51-49-47-45-12-10-8-6-4-2)58-90-74-70(88)67(85)72(62(56-79)92-74)95-76-71(89)68(86)73(63(57-80)93-76)94-75-69(87)66(84)65(83)61(55-78)91-75/h14-15,17-18,51,53,59-63,65-76,78-81,83-89H,3-13,16,19-50,52,54-58H2,1-2H3,(H,77,82)/b15-14-,18-17-,53-51+. The minimum Gasteiger partial charge on any atom is -0.394 e. The van der Waals surface area contributed by atoms with Crippen molar-refractivity contribution in [2.24, 2.45) is 0 Å². The van der Waals surface area contributed by atoms with Gasteiger partial charge in [-0.2, -0.15) is 0 Å². The Morgan fingerprint density at radius 3 is 1.07 bits per heavy atom. The topological polar surface area (TPSA) is 307 Å². The molecule has 3 aliphatic rings. The number of hydrogen-bond acceptors (Lipinski definition) is 18. The molecular formula is C76H141NO18. The van der Waals surface area contributed by atoms with Gasteiger partial charge >= 0.3 is 0 Å². The number of unbranched alkanes of at least 4 members (excludes halogenated alkanes) is 41. The molecule has 558 valence electrons. The van der Waals surface area contributed by atoms with Crippen molar-refractivity contribution in [1.29, 1.82) is 0 Å². The molecule has 3 rings (SSSR count). The van der Waals surface area contributed by atoms with Gasteiger partial charge in [0.15, 0.2) is 18.9 Å². The number of ether oxygens (including phenoxy) is 6. The van der Waals surface area contributed by atoms with Crippen molar-refractivity contribution >= 4 is 5.91 Å². The molecule has 17 unspecified atom stereocenters. The van der Waals surface area contributed by atoms with E-state index in [0.717, 1.165) is 51.4 Å². The predicted octanol–water partition coefficient (Wildman–Crippen LogP) is 11.9. The lowest BCUT2D eigenvalue weighted by Gasteiger charge is -2.48. The zero-order chi connectivity index (χ0) is 68.9. The van der Waals surface area contributed by atoms with Gasteiger partial charge < -0.3 is 89.9 Å². The number of carbonyl (C=O) groups is 1. The average molecular weight is 1360 g/mol. The van der Waals surface area contributed by atoms with Gasteiger partial charge in [-0.05, 0) is 51.4 Å². The number of hydrogen-bond donors (Lipinski definition) is 12. The second kappa shape index (κ2) is 57.6. The molecule has 3 aliphatic heterocycles. The first-order chi connectivity index (χ1) is 46.3. The summed E-state index contributed by atoms with van der Waals surface area (Å²) >= 11 is 0. The highest BCUT2D eigenvalue weighted by Crippen LogP contribution is 2.33. The Labute approximate surface area is 574 Å². The fourth-order valence-corrected chi connectivity index (χ4v) is 13.2. The number of aliphatic hydroxyl groups excluding tert-OH is 11. The van der Waals surface area contributed by atoms with Crippen molar-refractivity contribution in [2.45, 2.75) is 413 Å². The van der Waals surface area contributed by atoms with Crippen LogP contribution in [0.25, 0.3) is 0 Å². The van der Waals surface area contributed by atoms with Crippen LogP contribution in [0.4, 0.5) is 0 Å². The molecule has 0 aromatic heterocycles. The lowest BCUT2D eigenvalue weighted by atomic mass is 9.96. The smallest absolute Gasteiger partial charge is 0.220 e. The van der Waals surface area contributed by atoms with Gasteiger partial charge in [-0.3, -0.25) is 4.79 Å². The highest BCUT2D eigenvalue weighted by atomic mass is 16.8. The number of amides is 1. The van der Waals surface area contributed by atoms with E-state index in [2.05, 4.69) is 43.5 Å². The summed E-state index contributed by atoms with van der Waals surface area (Å²) in [6.07, 6.45) is 43.5. The fourth-order valence-electron chi connectivity index (χ4n) is 13.2. The van der Waals surface area contributed by atoms with E-state index in [1.165, 1.54) is 231 Å². The third kappa shape index (κ3) is 38.6. The summed E-state index contributed by atoms with van der Waals surface area (Å²) in [5.41, 5.74) is 0. The van der Waals surface area contributed by atoms with E-state index in [4.69, 9.17) is 28.4 Å². The average Bonchev–Trinajstić information content (AvgIpc) is 0.797. The molecule has 0 spiro atoms. The SMILES string of the molecule is CCCCCCC/C=C\C/C=C\CCCCCCCCCCCCCCCCCCCCCCCCCCCCCCCC(=O)NC(COC1OC(CO)C(OC2OC(CO)C(OC3OC(CO)C(O)C(O)C3O)C(O)C2O)C(O)C1O)C(O)/C=C/CCCCCCCCC. The molecule has 19 nitrogen and oxygen atoms in total. The van der Waals surface area contributed by atoms with Crippen LogP contribution in [0.15, 0.2) is 36.5 Å². The van der Waals surface area contributed by atoms with Gasteiger partial charge in [0.05, 0.1) is 38.6 Å². The first kappa shape index (κ1) is 87.2. The van der Waals surface area contributed by atoms with Crippen LogP contribution in [0.5, 0.6) is 0 Å². The highest BCUT2D eigenvalue weighted by molar-refractivity contribution is 5.76. The summed E-state index contributed by atoms with van der Waals surface area (Å²) in [5.74, 6) is -0.273. The molecule has 0 aliphatic carbocycles. The molecule has 19 heteroatoms. The van der Waals surface area contributed by atoms with E-state index < -0.39 is 124 Å². The summed E-state index contributed by atoms with van der Waals surface area (Å²) in [6, 6.07) is -0.968. The predicted molar refractivity (Wildman–Crippen MR) is 374 cm³/mol. The second-order valence-electron chi connectivity index (χ2n) is 27.8. The summed E-state index contributed by atoms with van der Waals surface area (Å²) in [7, 11) is 0. The molecular weight excluding hydrogens is 1210 g/mol. The summed E-state index contributed by atoms with van der Waals surface area (Å²) in [6.45, 7) is 1.70. The lowest BCUT2D eigenvalue weighted by molar-refractivity contribution is -0.379. The van der Waals surface area contributed by atoms with Crippen LogP contribution in [-0.4, -0.2) is 193 Å². The van der Waals surface area contributed by atoms with E-state index in [1.54, 1.807) is 6.08 Å². The maximum Gasteiger partial charge on any atom is 0.220 e. The van der Waals surface area contributed by atoms with Gasteiger partial charge in [-0.15, -0.1) is 0 Å². The van der Waals surface area contributed by atoms with Crippen molar-refractivity contribution in [3.8, 4) is 0 Å². The first-order valence-electron chi connectivity index (χ1n) is 38.7. The Balaban J connectivity index is 1.23. The van der Waals surface area contributed by atoms with Crippen LogP contribution in [0.3, 0.4) is 0 Å². The summed E-state index contributed by atoms with van der Waals surface area (Å²) in [4.78, 5) is 13.4. The van der Waals surface area contributed by atoms with Crippen LogP contribution in [0.2, 0.25) is 0 Å². The maximum atomic E-state index is 13.4. The normalized spacial score (nSPS) is 27.4. The molecule has 3 heterocycles. The molecule has 0 radical (unpaired) electrons. The molecule has 3 fully saturated rings. The lowest BCUT2D eigenvalue weighted by Crippen LogP contribution is -2.66. The third-order valence-corrected chi connectivity index (χ3v) is 19.4. The van der Waals surface area contributed by atoms with Gasteiger partial charge in [0.2, 0.25) is 5.91 Å².